The number of aryl methyl sites for hydroxylation is 1. The summed E-state index contributed by atoms with van der Waals surface area (Å²) in [6.45, 7) is 0.590. The molecule has 2 heterocycles. The van der Waals surface area contributed by atoms with E-state index in [1.54, 1.807) is 18.0 Å². The predicted octanol–water partition coefficient (Wildman–Crippen LogP) is -0.935. The van der Waals surface area contributed by atoms with Crippen molar-refractivity contribution in [2.75, 3.05) is 13.7 Å². The van der Waals surface area contributed by atoms with Gasteiger partial charge >= 0.3 is 0 Å². The first-order chi connectivity index (χ1) is 13.5. The molecule has 3 atom stereocenters. The molecule has 1 aliphatic rings. The molecule has 0 radical (unpaired) electrons. The normalized spacial score (nSPS) is 22.0. The quantitative estimate of drug-likeness (QED) is 0.595. The van der Waals surface area contributed by atoms with Crippen LogP contribution >= 0.6 is 0 Å². The molecule has 0 aromatic carbocycles. The molecule has 2 aromatic heterocycles. The SMILES string of the molecule is CO[C@@H]1CC[C@H](C(=O)NCCc2cnn(C)c2)C[C@H]1NC(=O)Cn1cnnn1. The number of tetrazole rings is 1. The summed E-state index contributed by atoms with van der Waals surface area (Å²) in [5.41, 5.74) is 1.08. The number of carbonyl (C=O) groups excluding carboxylic acids is 2. The third kappa shape index (κ3) is 5.35. The van der Waals surface area contributed by atoms with Gasteiger partial charge in [-0.15, -0.1) is 5.10 Å². The van der Waals surface area contributed by atoms with Crippen molar-refractivity contribution in [2.24, 2.45) is 13.0 Å². The molecule has 11 nitrogen and oxygen atoms in total. The molecule has 0 saturated heterocycles. The fourth-order valence-corrected chi connectivity index (χ4v) is 3.54. The standard InChI is InChI=1S/C17H26N8O3/c1-24-9-12(8-20-24)5-6-18-17(27)13-3-4-15(28-2)14(7-13)21-16(26)10-25-11-19-22-23-25/h8-9,11,13-15H,3-7,10H2,1-2H3,(H,18,27)(H,21,26)/t13-,14+,15+/m0/s1. The Labute approximate surface area is 162 Å². The summed E-state index contributed by atoms with van der Waals surface area (Å²) in [6, 6.07) is -0.225. The molecular weight excluding hydrogens is 364 g/mol. The second kappa shape index (κ2) is 9.40. The number of methoxy groups -OCH3 is 1. The van der Waals surface area contributed by atoms with E-state index < -0.39 is 0 Å². The predicted molar refractivity (Wildman–Crippen MR) is 97.8 cm³/mol. The Morgan fingerprint density at radius 1 is 1.36 bits per heavy atom. The van der Waals surface area contributed by atoms with Gasteiger partial charge in [0.15, 0.2) is 0 Å². The van der Waals surface area contributed by atoms with Gasteiger partial charge in [-0.1, -0.05) is 0 Å². The van der Waals surface area contributed by atoms with Crippen molar-refractivity contribution < 1.29 is 14.3 Å². The number of carbonyl (C=O) groups is 2. The van der Waals surface area contributed by atoms with Crippen molar-refractivity contribution in [3.8, 4) is 0 Å². The van der Waals surface area contributed by atoms with Crippen LogP contribution in [0, 0.1) is 5.92 Å². The molecule has 3 rings (SSSR count). The fourth-order valence-electron chi connectivity index (χ4n) is 3.54. The first-order valence-electron chi connectivity index (χ1n) is 9.33. The Morgan fingerprint density at radius 3 is 2.89 bits per heavy atom. The van der Waals surface area contributed by atoms with Crippen LogP contribution in [0.4, 0.5) is 0 Å². The minimum Gasteiger partial charge on any atom is -0.379 e. The zero-order valence-electron chi connectivity index (χ0n) is 16.1. The zero-order chi connectivity index (χ0) is 19.9. The van der Waals surface area contributed by atoms with Gasteiger partial charge in [0.2, 0.25) is 11.8 Å². The molecule has 0 unspecified atom stereocenters. The van der Waals surface area contributed by atoms with Crippen molar-refractivity contribution in [3.63, 3.8) is 0 Å². The summed E-state index contributed by atoms with van der Waals surface area (Å²) in [4.78, 5) is 24.8. The summed E-state index contributed by atoms with van der Waals surface area (Å²) in [5, 5.41) is 20.8. The third-order valence-electron chi connectivity index (χ3n) is 4.98. The molecule has 1 saturated carbocycles. The minimum absolute atomic E-state index is 0.0122. The van der Waals surface area contributed by atoms with E-state index in [9.17, 15) is 9.59 Å². The Kier molecular flexibility index (Phi) is 6.69. The number of nitrogens with one attached hydrogen (secondary N) is 2. The van der Waals surface area contributed by atoms with Crippen molar-refractivity contribution in [3.05, 3.63) is 24.3 Å². The second-order valence-electron chi connectivity index (χ2n) is 7.03. The van der Waals surface area contributed by atoms with Gasteiger partial charge in [-0.2, -0.15) is 5.10 Å². The molecule has 2 aromatic rings. The number of rotatable bonds is 8. The Balaban J connectivity index is 1.48. The number of hydrogen-bond acceptors (Lipinski definition) is 7. The van der Waals surface area contributed by atoms with Crippen LogP contribution in [0.15, 0.2) is 18.7 Å². The first kappa shape index (κ1) is 19.9. The fraction of sp³-hybridized carbons (Fsp3) is 0.647. The topological polar surface area (TPSA) is 129 Å². The lowest BCUT2D eigenvalue weighted by Crippen LogP contribution is -2.51. The van der Waals surface area contributed by atoms with Crippen LogP contribution in [0.2, 0.25) is 0 Å². The molecule has 152 valence electrons. The number of ether oxygens (including phenoxy) is 1. The summed E-state index contributed by atoms with van der Waals surface area (Å²) in [7, 11) is 3.49. The Bertz CT molecular complexity index is 775. The van der Waals surface area contributed by atoms with Crippen LogP contribution in [0.5, 0.6) is 0 Å². The average Bonchev–Trinajstić information content (AvgIpc) is 3.33. The van der Waals surface area contributed by atoms with E-state index in [4.69, 9.17) is 4.74 Å². The van der Waals surface area contributed by atoms with Crippen LogP contribution in [0.25, 0.3) is 0 Å². The highest BCUT2D eigenvalue weighted by Crippen LogP contribution is 2.26. The summed E-state index contributed by atoms with van der Waals surface area (Å²) in [5.74, 6) is -0.353. The molecule has 2 amide bonds. The van der Waals surface area contributed by atoms with Crippen LogP contribution in [-0.2, 0) is 34.3 Å². The van der Waals surface area contributed by atoms with Gasteiger partial charge in [0.05, 0.1) is 18.3 Å². The molecule has 11 heteroatoms. The van der Waals surface area contributed by atoms with Gasteiger partial charge in [-0.25, -0.2) is 4.68 Å². The molecular formula is C17H26N8O3. The molecule has 2 N–H and O–H groups in total. The Morgan fingerprint density at radius 2 is 2.21 bits per heavy atom. The van der Waals surface area contributed by atoms with E-state index in [2.05, 4.69) is 31.3 Å². The third-order valence-corrected chi connectivity index (χ3v) is 4.98. The number of aromatic nitrogens is 6. The summed E-state index contributed by atoms with van der Waals surface area (Å²) < 4.78 is 8.60. The van der Waals surface area contributed by atoms with Crippen LogP contribution in [-0.4, -0.2) is 67.6 Å². The second-order valence-corrected chi connectivity index (χ2v) is 7.03. The van der Waals surface area contributed by atoms with Gasteiger partial charge < -0.3 is 15.4 Å². The van der Waals surface area contributed by atoms with Gasteiger partial charge in [0.25, 0.3) is 0 Å². The largest absolute Gasteiger partial charge is 0.379 e. The van der Waals surface area contributed by atoms with E-state index in [1.807, 2.05) is 13.2 Å². The maximum absolute atomic E-state index is 12.6. The number of amides is 2. The molecule has 0 bridgehead atoms. The summed E-state index contributed by atoms with van der Waals surface area (Å²) >= 11 is 0. The minimum atomic E-state index is -0.225. The van der Waals surface area contributed by atoms with Crippen LogP contribution < -0.4 is 10.6 Å². The van der Waals surface area contributed by atoms with E-state index >= 15 is 0 Å². The van der Waals surface area contributed by atoms with Gasteiger partial charge in [0.1, 0.15) is 12.9 Å². The molecule has 0 spiro atoms. The highest BCUT2D eigenvalue weighted by atomic mass is 16.5. The molecule has 1 fully saturated rings. The maximum Gasteiger partial charge on any atom is 0.242 e. The average molecular weight is 390 g/mol. The van der Waals surface area contributed by atoms with E-state index in [-0.39, 0.29) is 36.4 Å². The maximum atomic E-state index is 12.6. The lowest BCUT2D eigenvalue weighted by Gasteiger charge is -2.35. The molecule has 0 aliphatic heterocycles. The number of nitrogens with zero attached hydrogens (tertiary/aromatic N) is 6. The highest BCUT2D eigenvalue weighted by Gasteiger charge is 2.34. The van der Waals surface area contributed by atoms with E-state index in [1.165, 1.54) is 11.0 Å². The lowest BCUT2D eigenvalue weighted by molar-refractivity contribution is -0.130. The van der Waals surface area contributed by atoms with Crippen molar-refractivity contribution in [1.82, 2.24) is 40.6 Å². The highest BCUT2D eigenvalue weighted by molar-refractivity contribution is 5.79. The van der Waals surface area contributed by atoms with Crippen molar-refractivity contribution in [2.45, 2.75) is 44.4 Å². The zero-order valence-corrected chi connectivity index (χ0v) is 16.1. The van der Waals surface area contributed by atoms with Crippen LogP contribution in [0.1, 0.15) is 24.8 Å². The molecule has 1 aliphatic carbocycles. The smallest absolute Gasteiger partial charge is 0.242 e. The van der Waals surface area contributed by atoms with E-state index in [0.717, 1.165) is 18.4 Å². The monoisotopic (exact) mass is 390 g/mol. The van der Waals surface area contributed by atoms with Gasteiger partial charge in [-0.05, 0) is 41.7 Å². The number of hydrogen-bond donors (Lipinski definition) is 2. The Hall–Kier alpha value is -2.82. The van der Waals surface area contributed by atoms with Crippen LogP contribution in [0.3, 0.4) is 0 Å². The van der Waals surface area contributed by atoms with Gasteiger partial charge in [0, 0.05) is 32.8 Å². The summed E-state index contributed by atoms with van der Waals surface area (Å²) in [6.07, 6.45) is 7.73. The van der Waals surface area contributed by atoms with Gasteiger partial charge in [-0.3, -0.25) is 14.3 Å². The molecule has 28 heavy (non-hydrogen) atoms. The van der Waals surface area contributed by atoms with Crippen molar-refractivity contribution in [1.29, 1.82) is 0 Å². The first-order valence-corrected chi connectivity index (χ1v) is 9.33. The lowest BCUT2D eigenvalue weighted by atomic mass is 9.83. The van der Waals surface area contributed by atoms with Crippen molar-refractivity contribution >= 4 is 11.8 Å². The van der Waals surface area contributed by atoms with E-state index in [0.29, 0.717) is 19.4 Å².